The molecular formula is C76H128O6. The normalized spacial score (nSPS) is 12.9. The zero-order chi connectivity index (χ0) is 59.2. The van der Waals surface area contributed by atoms with Crippen LogP contribution in [0.4, 0.5) is 0 Å². The zero-order valence-electron chi connectivity index (χ0n) is 53.7. The lowest BCUT2D eigenvalue weighted by Gasteiger charge is -2.18. The van der Waals surface area contributed by atoms with Gasteiger partial charge in [0, 0.05) is 19.3 Å². The smallest absolute Gasteiger partial charge is 0.306 e. The summed E-state index contributed by atoms with van der Waals surface area (Å²) in [5.41, 5.74) is 0. The van der Waals surface area contributed by atoms with Crippen LogP contribution in [0.1, 0.15) is 323 Å². The fraction of sp³-hybridized carbons (Fsp3) is 0.697. The number of rotatable bonds is 62. The van der Waals surface area contributed by atoms with E-state index in [9.17, 15) is 14.4 Å². The molecule has 0 bridgehead atoms. The summed E-state index contributed by atoms with van der Waals surface area (Å²) in [6.45, 7) is 6.40. The van der Waals surface area contributed by atoms with Gasteiger partial charge in [-0.25, -0.2) is 0 Å². The minimum absolute atomic E-state index is 0.0915. The van der Waals surface area contributed by atoms with Crippen LogP contribution in [0.15, 0.2) is 122 Å². The first-order valence-electron chi connectivity index (χ1n) is 34.5. The number of hydrogen-bond donors (Lipinski definition) is 0. The third-order valence-electron chi connectivity index (χ3n) is 14.7. The Morgan fingerprint density at radius 1 is 0.256 bits per heavy atom. The van der Waals surface area contributed by atoms with E-state index in [1.165, 1.54) is 161 Å². The van der Waals surface area contributed by atoms with Gasteiger partial charge in [0.15, 0.2) is 6.10 Å². The van der Waals surface area contributed by atoms with Crippen molar-refractivity contribution in [1.29, 1.82) is 0 Å². The molecule has 0 aromatic carbocycles. The summed E-state index contributed by atoms with van der Waals surface area (Å²) in [7, 11) is 0. The minimum Gasteiger partial charge on any atom is -0.462 e. The van der Waals surface area contributed by atoms with Crippen LogP contribution in [0.5, 0.6) is 0 Å². The van der Waals surface area contributed by atoms with Gasteiger partial charge in [-0.15, -0.1) is 0 Å². The summed E-state index contributed by atoms with van der Waals surface area (Å²) in [5, 5.41) is 0. The molecule has 0 aliphatic rings. The van der Waals surface area contributed by atoms with Gasteiger partial charge in [0.05, 0.1) is 0 Å². The Hall–Kier alpha value is -4.19. The van der Waals surface area contributed by atoms with Crippen LogP contribution in [0.25, 0.3) is 0 Å². The summed E-state index contributed by atoms with van der Waals surface area (Å²) in [5.74, 6) is -0.922. The summed E-state index contributed by atoms with van der Waals surface area (Å²) in [4.78, 5) is 38.3. The number of carbonyl (C=O) groups excluding carboxylic acids is 3. The molecule has 0 amide bonds. The molecule has 82 heavy (non-hydrogen) atoms. The summed E-state index contributed by atoms with van der Waals surface area (Å²) in [6, 6.07) is 0. The van der Waals surface area contributed by atoms with Gasteiger partial charge in [-0.2, -0.15) is 0 Å². The van der Waals surface area contributed by atoms with Gasteiger partial charge in [-0.3, -0.25) is 14.4 Å². The van der Waals surface area contributed by atoms with Crippen LogP contribution in [0.2, 0.25) is 0 Å². The fourth-order valence-electron chi connectivity index (χ4n) is 9.62. The molecule has 0 aliphatic heterocycles. The second kappa shape index (κ2) is 69.3. The molecule has 6 heteroatoms. The molecular weight excluding hydrogens is 1010 g/mol. The maximum atomic E-state index is 12.9. The van der Waals surface area contributed by atoms with Gasteiger partial charge < -0.3 is 14.2 Å². The molecule has 1 atom stereocenters. The van der Waals surface area contributed by atoms with E-state index in [0.717, 1.165) is 116 Å². The second-order valence-electron chi connectivity index (χ2n) is 22.7. The molecule has 0 heterocycles. The first-order valence-corrected chi connectivity index (χ1v) is 34.5. The standard InChI is InChI=1S/C76H128O6/c1-4-7-10-13-16-19-22-25-28-29-30-31-32-33-34-35-36-37-38-39-40-41-42-43-44-45-46-47-49-51-54-57-60-63-66-69-75(78)81-72-73(71-80-74(77)68-65-62-59-56-53-50-27-24-21-18-15-12-9-6-3)82-76(79)70-67-64-61-58-55-52-48-26-23-20-17-14-11-8-5-2/h7-8,10-11,16-17,19-20,25-26,28,30-31,33-34,36-37,48,55,58,73H,4-6,9,12-15,18,21-24,27,29,32,35,38-47,49-54,56-57,59-72H2,1-3H3/b10-7-,11-8-,19-16-,20-17-,28-25-,31-30-,34-33-,37-36-,48-26-,58-55-. The fourth-order valence-corrected chi connectivity index (χ4v) is 9.62. The van der Waals surface area contributed by atoms with Crippen LogP contribution in [-0.2, 0) is 28.6 Å². The first-order chi connectivity index (χ1) is 40.5. The van der Waals surface area contributed by atoms with Gasteiger partial charge in [0.1, 0.15) is 13.2 Å². The maximum Gasteiger partial charge on any atom is 0.306 e. The predicted octanol–water partition coefficient (Wildman–Crippen LogP) is 23.9. The molecule has 0 rings (SSSR count). The average molecular weight is 1140 g/mol. The van der Waals surface area contributed by atoms with Crippen molar-refractivity contribution in [2.24, 2.45) is 0 Å². The van der Waals surface area contributed by atoms with E-state index in [0.29, 0.717) is 19.3 Å². The summed E-state index contributed by atoms with van der Waals surface area (Å²) in [6.07, 6.45) is 96.6. The van der Waals surface area contributed by atoms with Crippen LogP contribution in [0, 0.1) is 0 Å². The lowest BCUT2D eigenvalue weighted by Crippen LogP contribution is -2.30. The van der Waals surface area contributed by atoms with E-state index in [1.54, 1.807) is 0 Å². The lowest BCUT2D eigenvalue weighted by atomic mass is 10.0. The van der Waals surface area contributed by atoms with Crippen LogP contribution >= 0.6 is 0 Å². The molecule has 0 saturated heterocycles. The Labute approximate surface area is 507 Å². The molecule has 0 fully saturated rings. The Balaban J connectivity index is 4.18. The SMILES string of the molecule is CC/C=C\C/C=C\C/C=C\C/C=C\C/C=C\C/C=C\CCCCCCCCCCCCCCCCCCC(=O)OCC(COC(=O)CCCCCCCCCCCCCCCC)OC(=O)CCCC/C=C\C/C=C\C/C=C\C/C=C\CC. The van der Waals surface area contributed by atoms with Crippen LogP contribution in [0.3, 0.4) is 0 Å². The number of hydrogen-bond acceptors (Lipinski definition) is 6. The number of allylic oxidation sites excluding steroid dienone is 20. The topological polar surface area (TPSA) is 78.9 Å². The summed E-state index contributed by atoms with van der Waals surface area (Å²) < 4.78 is 16.9. The van der Waals surface area contributed by atoms with Crippen molar-refractivity contribution in [3.63, 3.8) is 0 Å². The quantitative estimate of drug-likeness (QED) is 0.0261. The number of unbranched alkanes of at least 4 members (excludes halogenated alkanes) is 31. The highest BCUT2D eigenvalue weighted by molar-refractivity contribution is 5.71. The number of ether oxygens (including phenoxy) is 3. The van der Waals surface area contributed by atoms with Crippen molar-refractivity contribution in [3.05, 3.63) is 122 Å². The molecule has 0 radical (unpaired) electrons. The molecule has 0 aromatic heterocycles. The molecule has 0 saturated carbocycles. The highest BCUT2D eigenvalue weighted by atomic mass is 16.6. The molecule has 0 spiro atoms. The van der Waals surface area contributed by atoms with Crippen molar-refractivity contribution < 1.29 is 28.6 Å². The molecule has 6 nitrogen and oxygen atoms in total. The Morgan fingerprint density at radius 2 is 0.476 bits per heavy atom. The Bertz CT molecular complexity index is 1690. The molecule has 0 aromatic rings. The van der Waals surface area contributed by atoms with Gasteiger partial charge in [-0.05, 0) is 109 Å². The van der Waals surface area contributed by atoms with E-state index < -0.39 is 6.10 Å². The number of esters is 3. The van der Waals surface area contributed by atoms with E-state index in [-0.39, 0.29) is 37.5 Å². The molecule has 468 valence electrons. The molecule has 0 aliphatic carbocycles. The minimum atomic E-state index is -0.799. The van der Waals surface area contributed by atoms with Crippen molar-refractivity contribution in [3.8, 4) is 0 Å². The van der Waals surface area contributed by atoms with Gasteiger partial charge in [-0.1, -0.05) is 316 Å². The van der Waals surface area contributed by atoms with Crippen molar-refractivity contribution >= 4 is 17.9 Å². The predicted molar refractivity (Wildman–Crippen MR) is 357 cm³/mol. The first kappa shape index (κ1) is 77.8. The van der Waals surface area contributed by atoms with E-state index in [4.69, 9.17) is 14.2 Å². The van der Waals surface area contributed by atoms with E-state index in [2.05, 4.69) is 142 Å². The Kier molecular flexibility index (Phi) is 65.8. The third kappa shape index (κ3) is 66.6. The molecule has 0 N–H and O–H groups in total. The largest absolute Gasteiger partial charge is 0.462 e. The van der Waals surface area contributed by atoms with E-state index in [1.807, 2.05) is 0 Å². The summed E-state index contributed by atoms with van der Waals surface area (Å²) >= 11 is 0. The van der Waals surface area contributed by atoms with Crippen molar-refractivity contribution in [2.45, 2.75) is 329 Å². The van der Waals surface area contributed by atoms with Crippen LogP contribution in [-0.4, -0.2) is 37.2 Å². The highest BCUT2D eigenvalue weighted by Gasteiger charge is 2.19. The zero-order valence-corrected chi connectivity index (χ0v) is 53.7. The van der Waals surface area contributed by atoms with Gasteiger partial charge >= 0.3 is 17.9 Å². The van der Waals surface area contributed by atoms with Gasteiger partial charge in [0.2, 0.25) is 0 Å². The second-order valence-corrected chi connectivity index (χ2v) is 22.7. The highest BCUT2D eigenvalue weighted by Crippen LogP contribution is 2.17. The third-order valence-corrected chi connectivity index (χ3v) is 14.7. The lowest BCUT2D eigenvalue weighted by molar-refractivity contribution is -0.167. The Morgan fingerprint density at radius 3 is 0.768 bits per heavy atom. The van der Waals surface area contributed by atoms with Crippen LogP contribution < -0.4 is 0 Å². The van der Waals surface area contributed by atoms with E-state index >= 15 is 0 Å². The van der Waals surface area contributed by atoms with Gasteiger partial charge in [0.25, 0.3) is 0 Å². The monoisotopic (exact) mass is 1140 g/mol. The molecule has 1 unspecified atom stereocenters. The van der Waals surface area contributed by atoms with Crippen molar-refractivity contribution in [2.75, 3.05) is 13.2 Å². The van der Waals surface area contributed by atoms with Crippen molar-refractivity contribution in [1.82, 2.24) is 0 Å². The average Bonchev–Trinajstić information content (AvgIpc) is 3.48. The maximum absolute atomic E-state index is 12.9. The number of carbonyl (C=O) groups is 3.